The van der Waals surface area contributed by atoms with E-state index in [2.05, 4.69) is 15.1 Å². The predicted molar refractivity (Wildman–Crippen MR) is 114 cm³/mol. The summed E-state index contributed by atoms with van der Waals surface area (Å²) in [5.41, 5.74) is 1.53. The standard InChI is InChI=1S/C23H25FN4O4/c1-2-31-22(30)12-14-28(16-17-5-4-13-25-15-17)21(29)7-3-6-20-26-23(27-32-20)18-8-10-19(24)11-9-18/h4-5,8-11,13,15H,2-3,6-7,12,14,16H2,1H3. The number of nitrogens with zero attached hydrogens (tertiary/aromatic N) is 4. The van der Waals surface area contributed by atoms with Crippen LogP contribution in [-0.2, 0) is 27.3 Å². The molecule has 0 N–H and O–H groups in total. The van der Waals surface area contributed by atoms with Gasteiger partial charge in [0, 0.05) is 43.9 Å². The Labute approximate surface area is 185 Å². The van der Waals surface area contributed by atoms with E-state index in [1.54, 1.807) is 42.4 Å². The highest BCUT2D eigenvalue weighted by atomic mass is 19.1. The Morgan fingerprint density at radius 1 is 1.16 bits per heavy atom. The summed E-state index contributed by atoms with van der Waals surface area (Å²) in [6.45, 7) is 2.68. The van der Waals surface area contributed by atoms with Gasteiger partial charge in [0.15, 0.2) is 0 Å². The third kappa shape index (κ3) is 6.97. The zero-order chi connectivity index (χ0) is 22.8. The fourth-order valence-electron chi connectivity index (χ4n) is 3.08. The minimum atomic E-state index is -0.338. The number of ether oxygens (including phenoxy) is 1. The molecular weight excluding hydrogens is 415 g/mol. The number of carbonyl (C=O) groups excluding carboxylic acids is 2. The van der Waals surface area contributed by atoms with Crippen molar-refractivity contribution in [1.82, 2.24) is 20.0 Å². The average Bonchev–Trinajstić information content (AvgIpc) is 3.27. The predicted octanol–water partition coefficient (Wildman–Crippen LogP) is 3.58. The molecule has 2 aromatic heterocycles. The van der Waals surface area contributed by atoms with E-state index in [-0.39, 0.29) is 37.1 Å². The summed E-state index contributed by atoms with van der Waals surface area (Å²) in [6.07, 6.45) is 4.69. The van der Waals surface area contributed by atoms with Gasteiger partial charge in [0.1, 0.15) is 5.82 Å². The summed E-state index contributed by atoms with van der Waals surface area (Å²) >= 11 is 0. The van der Waals surface area contributed by atoms with Crippen molar-refractivity contribution >= 4 is 11.9 Å². The maximum Gasteiger partial charge on any atom is 0.307 e. The molecule has 0 fully saturated rings. The maximum atomic E-state index is 13.1. The number of aromatic nitrogens is 3. The lowest BCUT2D eigenvalue weighted by Crippen LogP contribution is -2.32. The van der Waals surface area contributed by atoms with Crippen molar-refractivity contribution < 1.29 is 23.2 Å². The van der Waals surface area contributed by atoms with E-state index in [0.717, 1.165) is 5.56 Å². The number of aryl methyl sites for hydroxylation is 1. The van der Waals surface area contributed by atoms with Crippen LogP contribution in [0, 0.1) is 5.82 Å². The van der Waals surface area contributed by atoms with E-state index in [1.807, 2.05) is 6.07 Å². The average molecular weight is 440 g/mol. The SMILES string of the molecule is CCOC(=O)CCN(Cc1cccnc1)C(=O)CCCc1nc(-c2ccc(F)cc2)no1. The van der Waals surface area contributed by atoms with Crippen LogP contribution in [0.3, 0.4) is 0 Å². The normalized spacial score (nSPS) is 10.7. The van der Waals surface area contributed by atoms with E-state index in [4.69, 9.17) is 9.26 Å². The summed E-state index contributed by atoms with van der Waals surface area (Å²) in [5.74, 6) is 0.0169. The van der Waals surface area contributed by atoms with Crippen LogP contribution in [0.2, 0.25) is 0 Å². The van der Waals surface area contributed by atoms with Crippen molar-refractivity contribution in [1.29, 1.82) is 0 Å². The summed E-state index contributed by atoms with van der Waals surface area (Å²) in [4.78, 5) is 34.6. The van der Waals surface area contributed by atoms with Crippen LogP contribution >= 0.6 is 0 Å². The second-order valence-corrected chi connectivity index (χ2v) is 7.10. The van der Waals surface area contributed by atoms with Gasteiger partial charge in [-0.1, -0.05) is 11.2 Å². The first-order valence-corrected chi connectivity index (χ1v) is 10.5. The minimum Gasteiger partial charge on any atom is -0.466 e. The molecule has 3 rings (SSSR count). The van der Waals surface area contributed by atoms with E-state index in [0.29, 0.717) is 43.3 Å². The zero-order valence-electron chi connectivity index (χ0n) is 17.9. The van der Waals surface area contributed by atoms with Crippen LogP contribution in [0.15, 0.2) is 53.3 Å². The molecule has 32 heavy (non-hydrogen) atoms. The maximum absolute atomic E-state index is 13.1. The zero-order valence-corrected chi connectivity index (χ0v) is 17.9. The van der Waals surface area contributed by atoms with Crippen LogP contribution in [0.25, 0.3) is 11.4 Å². The molecule has 0 aliphatic carbocycles. The van der Waals surface area contributed by atoms with Crippen molar-refractivity contribution in [3.63, 3.8) is 0 Å². The van der Waals surface area contributed by atoms with Crippen LogP contribution in [0.5, 0.6) is 0 Å². The van der Waals surface area contributed by atoms with Crippen molar-refractivity contribution in [3.8, 4) is 11.4 Å². The first-order valence-electron chi connectivity index (χ1n) is 10.5. The number of pyridine rings is 1. The molecular formula is C23H25FN4O4. The van der Waals surface area contributed by atoms with Gasteiger partial charge in [0.2, 0.25) is 17.6 Å². The van der Waals surface area contributed by atoms with Gasteiger partial charge in [-0.05, 0) is 49.2 Å². The van der Waals surface area contributed by atoms with Crippen molar-refractivity contribution in [2.45, 2.75) is 39.2 Å². The Morgan fingerprint density at radius 2 is 1.97 bits per heavy atom. The fraction of sp³-hybridized carbons (Fsp3) is 0.348. The molecule has 0 saturated heterocycles. The van der Waals surface area contributed by atoms with Crippen molar-refractivity contribution in [2.75, 3.05) is 13.2 Å². The van der Waals surface area contributed by atoms with Gasteiger partial charge in [-0.25, -0.2) is 4.39 Å². The van der Waals surface area contributed by atoms with E-state index < -0.39 is 0 Å². The lowest BCUT2D eigenvalue weighted by Gasteiger charge is -2.22. The van der Waals surface area contributed by atoms with Crippen molar-refractivity contribution in [3.05, 3.63) is 66.1 Å². The number of rotatable bonds is 11. The number of halogens is 1. The smallest absolute Gasteiger partial charge is 0.307 e. The van der Waals surface area contributed by atoms with Gasteiger partial charge >= 0.3 is 5.97 Å². The Bertz CT molecular complexity index is 1010. The highest BCUT2D eigenvalue weighted by molar-refractivity contribution is 5.77. The largest absolute Gasteiger partial charge is 0.466 e. The molecule has 168 valence electrons. The molecule has 0 aliphatic rings. The van der Waals surface area contributed by atoms with Crippen molar-refractivity contribution in [2.24, 2.45) is 0 Å². The molecule has 0 bridgehead atoms. The number of amides is 1. The van der Waals surface area contributed by atoms with E-state index >= 15 is 0 Å². The Morgan fingerprint density at radius 3 is 2.69 bits per heavy atom. The molecule has 0 atom stereocenters. The Balaban J connectivity index is 1.54. The third-order valence-corrected chi connectivity index (χ3v) is 4.69. The van der Waals surface area contributed by atoms with E-state index in [9.17, 15) is 14.0 Å². The van der Waals surface area contributed by atoms with Gasteiger partial charge in [0.05, 0.1) is 13.0 Å². The van der Waals surface area contributed by atoms with Gasteiger partial charge in [-0.15, -0.1) is 0 Å². The quantitative estimate of drug-likeness (QED) is 0.420. The molecule has 0 spiro atoms. The first kappa shape index (κ1) is 23.1. The second kappa shape index (κ2) is 11.7. The van der Waals surface area contributed by atoms with Crippen LogP contribution in [0.1, 0.15) is 37.6 Å². The molecule has 0 radical (unpaired) electrons. The third-order valence-electron chi connectivity index (χ3n) is 4.69. The molecule has 0 saturated carbocycles. The summed E-state index contributed by atoms with van der Waals surface area (Å²) in [6, 6.07) is 9.50. The molecule has 1 amide bonds. The fourth-order valence-corrected chi connectivity index (χ4v) is 3.08. The molecule has 1 aromatic carbocycles. The molecule has 0 aliphatic heterocycles. The summed E-state index contributed by atoms with van der Waals surface area (Å²) < 4.78 is 23.3. The Hall–Kier alpha value is -3.62. The molecule has 0 unspecified atom stereocenters. The summed E-state index contributed by atoms with van der Waals surface area (Å²) in [7, 11) is 0. The number of hydrogen-bond acceptors (Lipinski definition) is 7. The lowest BCUT2D eigenvalue weighted by atomic mass is 10.2. The lowest BCUT2D eigenvalue weighted by molar-refractivity contribution is -0.144. The summed E-state index contributed by atoms with van der Waals surface area (Å²) in [5, 5.41) is 3.91. The highest BCUT2D eigenvalue weighted by Crippen LogP contribution is 2.17. The van der Waals surface area contributed by atoms with Crippen LogP contribution in [-0.4, -0.2) is 45.1 Å². The van der Waals surface area contributed by atoms with Gasteiger partial charge in [0.25, 0.3) is 0 Å². The minimum absolute atomic E-state index is 0.0866. The van der Waals surface area contributed by atoms with Gasteiger partial charge in [-0.3, -0.25) is 14.6 Å². The monoisotopic (exact) mass is 440 g/mol. The number of esters is 1. The highest BCUT2D eigenvalue weighted by Gasteiger charge is 2.17. The second-order valence-electron chi connectivity index (χ2n) is 7.10. The molecule has 8 nitrogen and oxygen atoms in total. The molecule has 3 aromatic rings. The number of carbonyl (C=O) groups is 2. The van der Waals surface area contributed by atoms with Crippen LogP contribution < -0.4 is 0 Å². The van der Waals surface area contributed by atoms with Crippen LogP contribution in [0.4, 0.5) is 4.39 Å². The topological polar surface area (TPSA) is 98.4 Å². The number of hydrogen-bond donors (Lipinski definition) is 0. The molecule has 9 heteroatoms. The first-order chi connectivity index (χ1) is 15.5. The van der Waals surface area contributed by atoms with E-state index in [1.165, 1.54) is 12.1 Å². The molecule has 2 heterocycles. The Kier molecular flexibility index (Phi) is 8.42. The number of benzene rings is 1. The van der Waals surface area contributed by atoms with Gasteiger partial charge in [-0.2, -0.15) is 4.98 Å². The van der Waals surface area contributed by atoms with Gasteiger partial charge < -0.3 is 14.2 Å².